The molecular formula is C23H26N8O5. The van der Waals surface area contributed by atoms with Gasteiger partial charge in [0.1, 0.15) is 24.8 Å². The van der Waals surface area contributed by atoms with Gasteiger partial charge in [-0.25, -0.2) is 15.0 Å². The number of nitrogens with two attached hydrogens (primary N) is 1. The van der Waals surface area contributed by atoms with Gasteiger partial charge >= 0.3 is 0 Å². The molecule has 0 saturated carbocycles. The van der Waals surface area contributed by atoms with Crippen LogP contribution in [0.5, 0.6) is 5.75 Å². The zero-order valence-corrected chi connectivity index (χ0v) is 19.7. The molecule has 188 valence electrons. The molecule has 4 atom stereocenters. The molecule has 5 rings (SSSR count). The van der Waals surface area contributed by atoms with E-state index in [9.17, 15) is 9.90 Å². The van der Waals surface area contributed by atoms with Crippen LogP contribution in [0.1, 0.15) is 23.2 Å². The third kappa shape index (κ3) is 4.58. The second-order valence-corrected chi connectivity index (χ2v) is 8.40. The third-order valence-electron chi connectivity index (χ3n) is 5.88. The molecule has 4 heterocycles. The molecule has 5 N–H and O–H groups in total. The molecule has 3 aromatic heterocycles. The Bertz CT molecular complexity index is 1370. The van der Waals surface area contributed by atoms with Crippen LogP contribution in [-0.4, -0.2) is 61.0 Å². The molecule has 13 heteroatoms. The normalized spacial score (nSPS) is 21.6. The Labute approximate surface area is 205 Å². The van der Waals surface area contributed by atoms with Crippen LogP contribution in [-0.2, 0) is 22.7 Å². The number of nitrogens with one attached hydrogen (secondary N) is 2. The summed E-state index contributed by atoms with van der Waals surface area (Å²) in [5.74, 6) is 1.43. The Kier molecular flexibility index (Phi) is 6.50. The molecule has 1 fully saturated rings. The number of aromatic nitrogens is 5. The van der Waals surface area contributed by atoms with Crippen LogP contribution in [0.2, 0.25) is 0 Å². The summed E-state index contributed by atoms with van der Waals surface area (Å²) >= 11 is 0. The lowest BCUT2D eigenvalue weighted by Crippen LogP contribution is -2.46. The maximum absolute atomic E-state index is 12.1. The zero-order valence-electron chi connectivity index (χ0n) is 19.7. The van der Waals surface area contributed by atoms with Crippen LogP contribution >= 0.6 is 0 Å². The number of benzene rings is 1. The van der Waals surface area contributed by atoms with E-state index in [2.05, 4.69) is 30.7 Å². The predicted molar refractivity (Wildman–Crippen MR) is 127 cm³/mol. The van der Waals surface area contributed by atoms with E-state index in [1.54, 1.807) is 4.57 Å². The molecule has 0 bridgehead atoms. The fourth-order valence-corrected chi connectivity index (χ4v) is 4.04. The number of fused-ring (bicyclic) bond motifs is 1. The molecule has 0 radical (unpaired) electrons. The standard InChI is InChI=1S/C23H26N8O5/c1-12-6-15(36-30-12)9-34-14-5-3-4-13(7-14)8-26-20-17-21(28-10-27-20)31(11-29-17)23-18(32)16(24)19(35-23)22(33)25-2/h3-7,10-11,16,18-19,23,32H,8-9,24H2,1-2H3,(H,25,33)(H,26,27,28)/t16-,18+,19-,23+/m0/s1. The molecule has 1 amide bonds. The van der Waals surface area contributed by atoms with Gasteiger partial charge in [0.15, 0.2) is 35.1 Å². The number of amides is 1. The summed E-state index contributed by atoms with van der Waals surface area (Å²) in [6.45, 7) is 2.58. The number of imidazole rings is 1. The van der Waals surface area contributed by atoms with Gasteiger partial charge in [-0.3, -0.25) is 9.36 Å². The van der Waals surface area contributed by atoms with Crippen molar-refractivity contribution in [1.82, 2.24) is 30.0 Å². The second-order valence-electron chi connectivity index (χ2n) is 8.40. The minimum absolute atomic E-state index is 0.279. The maximum Gasteiger partial charge on any atom is 0.250 e. The average molecular weight is 495 g/mol. The van der Waals surface area contributed by atoms with Gasteiger partial charge in [0.2, 0.25) is 0 Å². The van der Waals surface area contributed by atoms with E-state index in [1.165, 1.54) is 19.7 Å². The summed E-state index contributed by atoms with van der Waals surface area (Å²) < 4.78 is 18.3. The smallest absolute Gasteiger partial charge is 0.250 e. The summed E-state index contributed by atoms with van der Waals surface area (Å²) in [6.07, 6.45) is -0.165. The number of hydrogen-bond acceptors (Lipinski definition) is 11. The first kappa shape index (κ1) is 23.7. The third-order valence-corrected chi connectivity index (χ3v) is 5.88. The van der Waals surface area contributed by atoms with Crippen LogP contribution in [0.3, 0.4) is 0 Å². The van der Waals surface area contributed by atoms with Gasteiger partial charge in [-0.05, 0) is 24.6 Å². The Morgan fingerprint density at radius 2 is 2.14 bits per heavy atom. The lowest BCUT2D eigenvalue weighted by Gasteiger charge is -2.16. The molecule has 36 heavy (non-hydrogen) atoms. The largest absolute Gasteiger partial charge is 0.486 e. The van der Waals surface area contributed by atoms with Crippen LogP contribution in [0, 0.1) is 6.92 Å². The molecule has 1 aliphatic heterocycles. The van der Waals surface area contributed by atoms with Gasteiger partial charge < -0.3 is 35.5 Å². The van der Waals surface area contributed by atoms with Gasteiger partial charge in [-0.15, -0.1) is 0 Å². The highest BCUT2D eigenvalue weighted by molar-refractivity contribution is 5.83. The number of likely N-dealkylation sites (N-methyl/N-ethyl adjacent to an activating group) is 1. The van der Waals surface area contributed by atoms with Gasteiger partial charge in [0.25, 0.3) is 5.91 Å². The van der Waals surface area contributed by atoms with Gasteiger partial charge in [-0.2, -0.15) is 0 Å². The number of aryl methyl sites for hydroxylation is 1. The first-order valence-electron chi connectivity index (χ1n) is 11.3. The van der Waals surface area contributed by atoms with E-state index in [0.29, 0.717) is 35.0 Å². The number of aliphatic hydroxyl groups is 1. The Balaban J connectivity index is 1.29. The highest BCUT2D eigenvalue weighted by Crippen LogP contribution is 2.31. The Morgan fingerprint density at radius 3 is 2.92 bits per heavy atom. The first-order chi connectivity index (χ1) is 17.4. The van der Waals surface area contributed by atoms with Crippen molar-refractivity contribution in [3.63, 3.8) is 0 Å². The Hall–Kier alpha value is -4.07. The first-order valence-corrected chi connectivity index (χ1v) is 11.3. The highest BCUT2D eigenvalue weighted by atomic mass is 16.5. The van der Waals surface area contributed by atoms with Crippen LogP contribution in [0.4, 0.5) is 5.82 Å². The van der Waals surface area contributed by atoms with E-state index >= 15 is 0 Å². The second kappa shape index (κ2) is 9.89. The topological polar surface area (TPSA) is 175 Å². The number of carbonyl (C=O) groups is 1. The zero-order chi connectivity index (χ0) is 25.2. The number of rotatable bonds is 8. The molecule has 1 saturated heterocycles. The lowest BCUT2D eigenvalue weighted by molar-refractivity contribution is -0.134. The highest BCUT2D eigenvalue weighted by Gasteiger charge is 2.46. The molecule has 1 aromatic carbocycles. The lowest BCUT2D eigenvalue weighted by atomic mass is 10.1. The van der Waals surface area contributed by atoms with Crippen LogP contribution in [0.25, 0.3) is 11.2 Å². The van der Waals surface area contributed by atoms with Gasteiger partial charge in [0.05, 0.1) is 18.1 Å². The molecule has 0 aliphatic carbocycles. The number of aliphatic hydroxyl groups excluding tert-OH is 1. The number of hydrogen-bond donors (Lipinski definition) is 4. The summed E-state index contributed by atoms with van der Waals surface area (Å²) in [5.41, 5.74) is 8.69. The molecule has 0 unspecified atom stereocenters. The van der Waals surface area contributed by atoms with Crippen molar-refractivity contribution >= 4 is 22.9 Å². The number of anilines is 1. The quantitative estimate of drug-likeness (QED) is 0.270. The average Bonchev–Trinajstić information content (AvgIpc) is 3.59. The van der Waals surface area contributed by atoms with Crippen molar-refractivity contribution in [2.24, 2.45) is 5.73 Å². The summed E-state index contributed by atoms with van der Waals surface area (Å²) in [4.78, 5) is 25.1. The van der Waals surface area contributed by atoms with E-state index < -0.39 is 30.4 Å². The van der Waals surface area contributed by atoms with E-state index in [-0.39, 0.29) is 6.61 Å². The number of carbonyl (C=O) groups excluding carboxylic acids is 1. The minimum atomic E-state index is -1.13. The molecule has 4 aromatic rings. The predicted octanol–water partition coefficient (Wildman–Crippen LogP) is 0.645. The summed E-state index contributed by atoms with van der Waals surface area (Å²) in [5, 5.41) is 20.2. The SMILES string of the molecule is CNC(=O)[C@H]1O[C@@H](n2cnc3c(NCc4cccc(OCc5cc(C)no5)c4)ncnc32)[C@H](O)[C@@H]1N. The fraction of sp³-hybridized carbons (Fsp3) is 0.348. The van der Waals surface area contributed by atoms with E-state index in [4.69, 9.17) is 19.7 Å². The van der Waals surface area contributed by atoms with Crippen molar-refractivity contribution in [2.45, 2.75) is 44.6 Å². The molecule has 13 nitrogen and oxygen atoms in total. The molecular weight excluding hydrogens is 468 g/mol. The van der Waals surface area contributed by atoms with Crippen molar-refractivity contribution in [3.05, 3.63) is 60.0 Å². The molecule has 1 aliphatic rings. The Morgan fingerprint density at radius 1 is 1.28 bits per heavy atom. The van der Waals surface area contributed by atoms with Crippen molar-refractivity contribution in [3.8, 4) is 5.75 Å². The van der Waals surface area contributed by atoms with Crippen LogP contribution < -0.4 is 21.1 Å². The summed E-state index contributed by atoms with van der Waals surface area (Å²) in [7, 11) is 1.48. The van der Waals surface area contributed by atoms with E-state index in [0.717, 1.165) is 11.3 Å². The van der Waals surface area contributed by atoms with Gasteiger partial charge in [-0.1, -0.05) is 17.3 Å². The van der Waals surface area contributed by atoms with E-state index in [1.807, 2.05) is 37.3 Å². The van der Waals surface area contributed by atoms with Gasteiger partial charge in [0, 0.05) is 19.7 Å². The monoisotopic (exact) mass is 494 g/mol. The number of nitrogens with zero attached hydrogens (tertiary/aromatic N) is 5. The minimum Gasteiger partial charge on any atom is -0.486 e. The van der Waals surface area contributed by atoms with Crippen molar-refractivity contribution in [1.29, 1.82) is 0 Å². The maximum atomic E-state index is 12.1. The van der Waals surface area contributed by atoms with Crippen molar-refractivity contribution < 1.29 is 23.9 Å². The van der Waals surface area contributed by atoms with Crippen molar-refractivity contribution in [2.75, 3.05) is 12.4 Å². The number of ether oxygens (including phenoxy) is 2. The molecule has 0 spiro atoms. The van der Waals surface area contributed by atoms with Crippen LogP contribution in [0.15, 0.2) is 47.5 Å². The fourth-order valence-electron chi connectivity index (χ4n) is 4.04. The summed E-state index contributed by atoms with van der Waals surface area (Å²) in [6, 6.07) is 8.56.